The topological polar surface area (TPSA) is 41.9 Å². The van der Waals surface area contributed by atoms with Gasteiger partial charge in [-0.1, -0.05) is 91.0 Å². The van der Waals surface area contributed by atoms with Crippen LogP contribution in [0.2, 0.25) is 0 Å². The Morgan fingerprint density at radius 1 is 0.328 bits per heavy atom. The molecule has 0 aliphatic rings. The molecule has 0 atom stereocenters. The van der Waals surface area contributed by atoms with Crippen LogP contribution in [0.1, 0.15) is 0 Å². The molecule has 0 unspecified atom stereocenters. The summed E-state index contributed by atoms with van der Waals surface area (Å²) >= 11 is 5.31. The summed E-state index contributed by atoms with van der Waals surface area (Å²) in [7, 11) is 0. The smallest absolute Gasteiger partial charge is 0.125 e. The van der Waals surface area contributed by atoms with Gasteiger partial charge in [0, 0.05) is 91.1 Å². The lowest BCUT2D eigenvalue weighted by Gasteiger charge is -2.26. The monoisotopic (exact) mass is 794 g/mol. The van der Waals surface area contributed by atoms with Crippen molar-refractivity contribution in [2.45, 2.75) is 0 Å². The minimum Gasteiger partial charge on any atom is -0.311 e. The summed E-state index contributed by atoms with van der Waals surface area (Å²) in [4.78, 5) is 19.6. The number of hydrogen-bond acceptors (Lipinski definition) is 7. The van der Waals surface area contributed by atoms with E-state index >= 15 is 0 Å². The van der Waals surface area contributed by atoms with Gasteiger partial charge in [-0.15, -0.1) is 34.0 Å². The zero-order chi connectivity index (χ0) is 38.2. The lowest BCUT2D eigenvalue weighted by atomic mass is 10.1. The van der Waals surface area contributed by atoms with Gasteiger partial charge in [-0.25, -0.2) is 9.97 Å². The molecule has 0 saturated carbocycles. The Bertz CT molecular complexity index is 3130. The normalized spacial score (nSPS) is 11.8. The van der Waals surface area contributed by atoms with E-state index < -0.39 is 0 Å². The van der Waals surface area contributed by atoms with E-state index in [2.05, 4.69) is 181 Å². The molecular weight excluding hydrogens is 765 g/mol. The molecule has 0 saturated heterocycles. The zero-order valence-corrected chi connectivity index (χ0v) is 33.3. The van der Waals surface area contributed by atoms with Crippen molar-refractivity contribution < 1.29 is 0 Å². The van der Waals surface area contributed by atoms with Crippen LogP contribution < -0.4 is 4.90 Å². The summed E-state index contributed by atoms with van der Waals surface area (Å²) < 4.78 is 5.06. The largest absolute Gasteiger partial charge is 0.311 e. The molecule has 6 heterocycles. The standard InChI is InChI=1S/C51H30N4S3/c1-5-11-47-37(7-1)40-25-27-43(53-50(40)57-47)31-13-19-34(20-14-31)55(35-21-15-32(16-22-35)44-28-26-41-38-8-2-6-12-48(38)58-51(41)54-44)36-23-17-33(18-24-36)45-29-49-42(30-52-45)39-9-3-4-10-46(39)56-49/h1-30H. The maximum Gasteiger partial charge on any atom is 0.125 e. The maximum atomic E-state index is 5.11. The van der Waals surface area contributed by atoms with Gasteiger partial charge in [-0.3, -0.25) is 4.98 Å². The van der Waals surface area contributed by atoms with Gasteiger partial charge in [0.25, 0.3) is 0 Å². The van der Waals surface area contributed by atoms with Gasteiger partial charge >= 0.3 is 0 Å². The van der Waals surface area contributed by atoms with E-state index in [1.807, 2.05) is 17.5 Å². The second-order valence-corrected chi connectivity index (χ2v) is 17.6. The Kier molecular flexibility index (Phi) is 7.72. The molecule has 12 rings (SSSR count). The van der Waals surface area contributed by atoms with Crippen molar-refractivity contribution in [1.29, 1.82) is 0 Å². The first kappa shape index (κ1) is 33.4. The van der Waals surface area contributed by atoms with Crippen LogP contribution >= 0.6 is 34.0 Å². The van der Waals surface area contributed by atoms with Gasteiger partial charge in [-0.2, -0.15) is 0 Å². The highest BCUT2D eigenvalue weighted by Crippen LogP contribution is 2.41. The van der Waals surface area contributed by atoms with Gasteiger partial charge < -0.3 is 4.90 Å². The molecule has 0 N–H and O–H groups in total. The molecule has 0 aliphatic heterocycles. The number of benzene rings is 6. The predicted molar refractivity (Wildman–Crippen MR) is 249 cm³/mol. The number of fused-ring (bicyclic) bond motifs is 9. The van der Waals surface area contributed by atoms with E-state index in [1.165, 1.54) is 51.1 Å². The SMILES string of the molecule is c1ccc2c(c1)sc1cc(-c3ccc(N(c4ccc(-c5ccc6c(n5)sc5ccccc56)cc4)c4ccc(-c5ccc6c(n5)sc5ccccc56)cc4)cc3)ncc12. The van der Waals surface area contributed by atoms with Gasteiger partial charge in [0.15, 0.2) is 0 Å². The van der Waals surface area contributed by atoms with E-state index in [0.717, 1.165) is 60.5 Å². The van der Waals surface area contributed by atoms with Gasteiger partial charge in [0.1, 0.15) is 9.66 Å². The molecule has 0 fully saturated rings. The number of nitrogens with zero attached hydrogens (tertiary/aromatic N) is 4. The van der Waals surface area contributed by atoms with Crippen molar-refractivity contribution in [2.24, 2.45) is 0 Å². The van der Waals surface area contributed by atoms with Crippen LogP contribution in [0.3, 0.4) is 0 Å². The highest BCUT2D eigenvalue weighted by molar-refractivity contribution is 7.26. The number of hydrogen-bond donors (Lipinski definition) is 0. The third kappa shape index (κ3) is 5.58. The molecule has 12 aromatic rings. The van der Waals surface area contributed by atoms with E-state index in [9.17, 15) is 0 Å². The molecule has 0 bridgehead atoms. The Labute approximate surface area is 345 Å². The Morgan fingerprint density at radius 2 is 0.741 bits per heavy atom. The highest BCUT2D eigenvalue weighted by atomic mass is 32.1. The summed E-state index contributed by atoms with van der Waals surface area (Å²) in [6, 6.07) is 62.8. The van der Waals surface area contributed by atoms with Crippen molar-refractivity contribution in [3.05, 3.63) is 182 Å². The molecule has 272 valence electrons. The fourth-order valence-electron chi connectivity index (χ4n) is 8.10. The highest BCUT2D eigenvalue weighted by Gasteiger charge is 2.16. The summed E-state index contributed by atoms with van der Waals surface area (Å²) in [5.74, 6) is 0. The number of aromatic nitrogens is 3. The quantitative estimate of drug-likeness (QED) is 0.168. The third-order valence-corrected chi connectivity index (χ3v) is 14.3. The van der Waals surface area contributed by atoms with Gasteiger partial charge in [-0.05, 0) is 84.9 Å². The second kappa shape index (κ2) is 13.4. The summed E-state index contributed by atoms with van der Waals surface area (Å²) in [6.07, 6.45) is 2.02. The number of pyridine rings is 3. The molecule has 4 nitrogen and oxygen atoms in total. The number of thiophene rings is 3. The van der Waals surface area contributed by atoms with E-state index in [0.29, 0.717) is 0 Å². The van der Waals surface area contributed by atoms with Crippen LogP contribution in [0.15, 0.2) is 182 Å². The second-order valence-electron chi connectivity index (χ2n) is 14.4. The number of anilines is 3. The van der Waals surface area contributed by atoms with E-state index in [1.54, 1.807) is 22.7 Å². The van der Waals surface area contributed by atoms with Crippen LogP contribution in [-0.4, -0.2) is 15.0 Å². The molecule has 0 spiro atoms. The summed E-state index contributed by atoms with van der Waals surface area (Å²) in [6.45, 7) is 0. The molecular formula is C51H30N4S3. The van der Waals surface area contributed by atoms with Crippen LogP contribution in [0.25, 0.3) is 94.5 Å². The van der Waals surface area contributed by atoms with Crippen LogP contribution in [-0.2, 0) is 0 Å². The molecule has 7 heteroatoms. The van der Waals surface area contributed by atoms with Crippen LogP contribution in [0.5, 0.6) is 0 Å². The van der Waals surface area contributed by atoms with Crippen molar-refractivity contribution in [1.82, 2.24) is 15.0 Å². The van der Waals surface area contributed by atoms with Crippen LogP contribution in [0, 0.1) is 0 Å². The average Bonchev–Trinajstić information content (AvgIpc) is 3.97. The Hall–Kier alpha value is -6.77. The molecule has 6 aromatic carbocycles. The first-order valence-electron chi connectivity index (χ1n) is 19.2. The lowest BCUT2D eigenvalue weighted by molar-refractivity contribution is 1.28. The zero-order valence-electron chi connectivity index (χ0n) is 30.8. The van der Waals surface area contributed by atoms with Crippen molar-refractivity contribution in [3.63, 3.8) is 0 Å². The van der Waals surface area contributed by atoms with E-state index in [4.69, 9.17) is 15.0 Å². The van der Waals surface area contributed by atoms with Crippen molar-refractivity contribution in [3.8, 4) is 33.8 Å². The minimum absolute atomic E-state index is 0.970. The maximum absolute atomic E-state index is 5.11. The molecule has 58 heavy (non-hydrogen) atoms. The minimum atomic E-state index is 0.970. The third-order valence-electron chi connectivity index (χ3n) is 11.0. The van der Waals surface area contributed by atoms with Crippen molar-refractivity contribution >= 4 is 112 Å². The first-order chi connectivity index (χ1) is 28.7. The molecule has 6 aromatic heterocycles. The molecule has 0 amide bonds. The van der Waals surface area contributed by atoms with Gasteiger partial charge in [0.2, 0.25) is 0 Å². The average molecular weight is 795 g/mol. The fourth-order valence-corrected chi connectivity index (χ4v) is 11.4. The Balaban J connectivity index is 0.911. The van der Waals surface area contributed by atoms with Crippen molar-refractivity contribution in [2.75, 3.05) is 4.90 Å². The molecule has 0 aliphatic carbocycles. The van der Waals surface area contributed by atoms with E-state index in [-0.39, 0.29) is 0 Å². The summed E-state index contributed by atoms with van der Waals surface area (Å²) in [5.41, 5.74) is 9.33. The summed E-state index contributed by atoms with van der Waals surface area (Å²) in [5, 5.41) is 7.40. The first-order valence-corrected chi connectivity index (χ1v) is 21.6. The predicted octanol–water partition coefficient (Wildman–Crippen LogP) is 15.4. The lowest BCUT2D eigenvalue weighted by Crippen LogP contribution is -2.09. The number of rotatable bonds is 6. The van der Waals surface area contributed by atoms with Crippen LogP contribution in [0.4, 0.5) is 17.1 Å². The fraction of sp³-hybridized carbons (Fsp3) is 0. The van der Waals surface area contributed by atoms with Gasteiger partial charge in [0.05, 0.1) is 17.1 Å². The molecule has 0 radical (unpaired) electrons. The Morgan fingerprint density at radius 3 is 1.22 bits per heavy atom.